The number of nitrogens with zero attached hydrogens (tertiary/aromatic N) is 1. The standard InChI is InChI=1S/C22H25NO3/c1-15-4-9-20(16(2)14-15)22(25)23-12-10-18(11-13-23)21(24)17-5-7-19(26-3)8-6-17/h4-9,14,18H,10-13H2,1-3H3. The number of piperidine rings is 1. The molecule has 4 heteroatoms. The molecule has 0 N–H and O–H groups in total. The van der Waals surface area contributed by atoms with E-state index in [2.05, 4.69) is 0 Å². The van der Waals surface area contributed by atoms with Crippen LogP contribution in [0.3, 0.4) is 0 Å². The third-order valence-corrected chi connectivity index (χ3v) is 5.14. The number of methoxy groups -OCH3 is 1. The first-order valence-electron chi connectivity index (χ1n) is 9.04. The zero-order valence-electron chi connectivity index (χ0n) is 15.6. The number of ketones is 1. The van der Waals surface area contributed by atoms with Crippen molar-refractivity contribution >= 4 is 11.7 Å². The fourth-order valence-corrected chi connectivity index (χ4v) is 3.56. The highest BCUT2D eigenvalue weighted by atomic mass is 16.5. The van der Waals surface area contributed by atoms with E-state index in [1.165, 1.54) is 0 Å². The molecule has 0 aromatic heterocycles. The van der Waals surface area contributed by atoms with E-state index in [1.54, 1.807) is 7.11 Å². The Bertz CT molecular complexity index is 803. The third kappa shape index (κ3) is 3.79. The highest BCUT2D eigenvalue weighted by Crippen LogP contribution is 2.24. The lowest BCUT2D eigenvalue weighted by molar-refractivity contribution is 0.0649. The number of likely N-dealkylation sites (tertiary alicyclic amines) is 1. The Balaban J connectivity index is 1.63. The second-order valence-corrected chi connectivity index (χ2v) is 6.98. The molecule has 1 aliphatic heterocycles. The molecule has 136 valence electrons. The van der Waals surface area contributed by atoms with Crippen LogP contribution in [0.15, 0.2) is 42.5 Å². The van der Waals surface area contributed by atoms with Gasteiger partial charge in [-0.2, -0.15) is 0 Å². The Morgan fingerprint density at radius 3 is 2.23 bits per heavy atom. The van der Waals surface area contributed by atoms with E-state index < -0.39 is 0 Å². The Morgan fingerprint density at radius 2 is 1.65 bits per heavy atom. The first-order chi connectivity index (χ1) is 12.5. The quantitative estimate of drug-likeness (QED) is 0.781. The van der Waals surface area contributed by atoms with Crippen LogP contribution in [0.25, 0.3) is 0 Å². The van der Waals surface area contributed by atoms with Crippen molar-refractivity contribution in [2.75, 3.05) is 20.2 Å². The van der Waals surface area contributed by atoms with Gasteiger partial charge in [0.1, 0.15) is 5.75 Å². The van der Waals surface area contributed by atoms with Gasteiger partial charge in [0.05, 0.1) is 7.11 Å². The minimum Gasteiger partial charge on any atom is -0.497 e. The number of benzene rings is 2. The molecular weight excluding hydrogens is 326 g/mol. The van der Waals surface area contributed by atoms with Crippen molar-refractivity contribution in [3.05, 3.63) is 64.7 Å². The predicted octanol–water partition coefficient (Wildman–Crippen LogP) is 4.05. The molecule has 26 heavy (non-hydrogen) atoms. The second-order valence-electron chi connectivity index (χ2n) is 6.98. The van der Waals surface area contributed by atoms with Crippen molar-refractivity contribution in [1.82, 2.24) is 4.90 Å². The number of hydrogen-bond acceptors (Lipinski definition) is 3. The lowest BCUT2D eigenvalue weighted by Gasteiger charge is -2.31. The molecular formula is C22H25NO3. The number of hydrogen-bond donors (Lipinski definition) is 0. The van der Waals surface area contributed by atoms with Gasteiger partial charge in [-0.15, -0.1) is 0 Å². The van der Waals surface area contributed by atoms with Gasteiger partial charge in [-0.25, -0.2) is 0 Å². The van der Waals surface area contributed by atoms with Gasteiger partial charge in [0, 0.05) is 30.1 Å². The van der Waals surface area contributed by atoms with Gasteiger partial charge in [-0.05, 0) is 62.6 Å². The van der Waals surface area contributed by atoms with E-state index in [0.29, 0.717) is 31.5 Å². The van der Waals surface area contributed by atoms with Crippen LogP contribution in [-0.4, -0.2) is 36.8 Å². The van der Waals surface area contributed by atoms with Gasteiger partial charge >= 0.3 is 0 Å². The highest BCUT2D eigenvalue weighted by molar-refractivity contribution is 5.99. The van der Waals surface area contributed by atoms with E-state index in [9.17, 15) is 9.59 Å². The van der Waals surface area contributed by atoms with E-state index in [-0.39, 0.29) is 17.6 Å². The average molecular weight is 351 g/mol. The molecule has 0 spiro atoms. The minimum absolute atomic E-state index is 0.0217. The van der Waals surface area contributed by atoms with E-state index >= 15 is 0 Å². The summed E-state index contributed by atoms with van der Waals surface area (Å²) in [5, 5.41) is 0. The molecule has 0 aliphatic carbocycles. The summed E-state index contributed by atoms with van der Waals surface area (Å²) in [7, 11) is 1.61. The molecule has 1 amide bonds. The van der Waals surface area contributed by atoms with Crippen molar-refractivity contribution in [3.63, 3.8) is 0 Å². The Kier molecular flexibility index (Phi) is 5.40. The summed E-state index contributed by atoms with van der Waals surface area (Å²) in [6, 6.07) is 13.2. The summed E-state index contributed by atoms with van der Waals surface area (Å²) in [6.45, 7) is 5.25. The number of carbonyl (C=O) groups excluding carboxylic acids is 2. The summed E-state index contributed by atoms with van der Waals surface area (Å²) >= 11 is 0. The van der Waals surface area contributed by atoms with Gasteiger partial charge < -0.3 is 9.64 Å². The maximum atomic E-state index is 12.8. The molecule has 0 unspecified atom stereocenters. The zero-order valence-corrected chi connectivity index (χ0v) is 15.6. The number of Topliss-reactive ketones (excluding diaryl/α,β-unsaturated/α-hetero) is 1. The summed E-state index contributed by atoms with van der Waals surface area (Å²) in [6.07, 6.45) is 1.42. The van der Waals surface area contributed by atoms with E-state index in [1.807, 2.05) is 61.2 Å². The first kappa shape index (κ1) is 18.2. The van der Waals surface area contributed by atoms with Crippen molar-refractivity contribution in [2.45, 2.75) is 26.7 Å². The number of carbonyl (C=O) groups is 2. The Hall–Kier alpha value is -2.62. The maximum Gasteiger partial charge on any atom is 0.254 e. The van der Waals surface area contributed by atoms with Crippen LogP contribution in [0, 0.1) is 19.8 Å². The van der Waals surface area contributed by atoms with Gasteiger partial charge in [0.25, 0.3) is 5.91 Å². The molecule has 2 aromatic carbocycles. The molecule has 1 heterocycles. The molecule has 0 saturated carbocycles. The first-order valence-corrected chi connectivity index (χ1v) is 9.04. The fraction of sp³-hybridized carbons (Fsp3) is 0.364. The zero-order chi connectivity index (χ0) is 18.7. The van der Waals surface area contributed by atoms with E-state index in [4.69, 9.17) is 4.74 Å². The summed E-state index contributed by atoms with van der Waals surface area (Å²) in [5.74, 6) is 0.950. The number of rotatable bonds is 4. The van der Waals surface area contributed by atoms with Gasteiger partial charge in [-0.1, -0.05) is 17.7 Å². The Morgan fingerprint density at radius 1 is 1.00 bits per heavy atom. The second kappa shape index (κ2) is 7.73. The maximum absolute atomic E-state index is 12.8. The van der Waals surface area contributed by atoms with Crippen molar-refractivity contribution in [1.29, 1.82) is 0 Å². The Labute approximate surface area is 154 Å². The lowest BCUT2D eigenvalue weighted by Crippen LogP contribution is -2.40. The van der Waals surface area contributed by atoms with Gasteiger partial charge in [0.2, 0.25) is 0 Å². The number of ether oxygens (including phenoxy) is 1. The summed E-state index contributed by atoms with van der Waals surface area (Å²) in [5.41, 5.74) is 3.63. The molecule has 0 radical (unpaired) electrons. The fourth-order valence-electron chi connectivity index (χ4n) is 3.56. The smallest absolute Gasteiger partial charge is 0.254 e. The van der Waals surface area contributed by atoms with E-state index in [0.717, 1.165) is 22.4 Å². The highest BCUT2D eigenvalue weighted by Gasteiger charge is 2.28. The lowest BCUT2D eigenvalue weighted by atomic mass is 9.88. The molecule has 1 fully saturated rings. The van der Waals surface area contributed by atoms with Crippen LogP contribution in [0.4, 0.5) is 0 Å². The minimum atomic E-state index is -0.0217. The average Bonchev–Trinajstić information content (AvgIpc) is 2.67. The van der Waals surface area contributed by atoms with Crippen LogP contribution in [0.2, 0.25) is 0 Å². The molecule has 1 saturated heterocycles. The topological polar surface area (TPSA) is 46.6 Å². The van der Waals surface area contributed by atoms with Crippen LogP contribution < -0.4 is 4.74 Å². The monoisotopic (exact) mass is 351 g/mol. The number of aryl methyl sites for hydroxylation is 2. The van der Waals surface area contributed by atoms with Crippen LogP contribution in [0.1, 0.15) is 44.7 Å². The van der Waals surface area contributed by atoms with Gasteiger partial charge in [0.15, 0.2) is 5.78 Å². The molecule has 4 nitrogen and oxygen atoms in total. The van der Waals surface area contributed by atoms with Crippen molar-refractivity contribution in [2.24, 2.45) is 5.92 Å². The largest absolute Gasteiger partial charge is 0.497 e. The normalized spacial score (nSPS) is 15.0. The van der Waals surface area contributed by atoms with Crippen LogP contribution in [0.5, 0.6) is 5.75 Å². The third-order valence-electron chi connectivity index (χ3n) is 5.14. The number of amides is 1. The molecule has 3 rings (SSSR count). The molecule has 1 aliphatic rings. The van der Waals surface area contributed by atoms with Crippen LogP contribution in [-0.2, 0) is 0 Å². The molecule has 0 bridgehead atoms. The summed E-state index contributed by atoms with van der Waals surface area (Å²) in [4.78, 5) is 27.3. The molecule has 2 aromatic rings. The SMILES string of the molecule is COc1ccc(C(=O)C2CCN(C(=O)c3ccc(C)cc3C)CC2)cc1. The van der Waals surface area contributed by atoms with Crippen molar-refractivity contribution < 1.29 is 14.3 Å². The van der Waals surface area contributed by atoms with Crippen LogP contribution >= 0.6 is 0 Å². The summed E-state index contributed by atoms with van der Waals surface area (Å²) < 4.78 is 5.14. The van der Waals surface area contributed by atoms with Gasteiger partial charge in [-0.3, -0.25) is 9.59 Å². The predicted molar refractivity (Wildman–Crippen MR) is 102 cm³/mol. The van der Waals surface area contributed by atoms with Crippen molar-refractivity contribution in [3.8, 4) is 5.75 Å². The molecule has 0 atom stereocenters.